The van der Waals surface area contributed by atoms with Crippen LogP contribution in [0, 0.1) is 5.82 Å². The highest BCUT2D eigenvalue weighted by Crippen LogP contribution is 2.23. The number of hydrogen-bond acceptors (Lipinski definition) is 4. The minimum Gasteiger partial charge on any atom is -0.344 e. The number of rotatable bonds is 4. The van der Waals surface area contributed by atoms with Crippen LogP contribution >= 0.6 is 11.3 Å². The van der Waals surface area contributed by atoms with E-state index < -0.39 is 17.8 Å². The van der Waals surface area contributed by atoms with Gasteiger partial charge in [0, 0.05) is 12.1 Å². The highest BCUT2D eigenvalue weighted by molar-refractivity contribution is 7.13. The zero-order valence-corrected chi connectivity index (χ0v) is 15.1. The SMILES string of the molecule is C[C@H](NC(=O)c1ccccc1F)c1cc(=O)n2[nH]c(-c3cccs3)cc2n1. The Morgan fingerprint density at radius 3 is 2.81 bits per heavy atom. The quantitative estimate of drug-likeness (QED) is 0.568. The van der Waals surface area contributed by atoms with Gasteiger partial charge in [-0.1, -0.05) is 18.2 Å². The van der Waals surface area contributed by atoms with E-state index in [1.807, 2.05) is 17.5 Å². The Bertz CT molecular complexity index is 1180. The van der Waals surface area contributed by atoms with E-state index in [9.17, 15) is 14.0 Å². The molecule has 6 nitrogen and oxygen atoms in total. The number of nitrogens with zero attached hydrogens (tertiary/aromatic N) is 2. The largest absolute Gasteiger partial charge is 0.344 e. The summed E-state index contributed by atoms with van der Waals surface area (Å²) >= 11 is 1.55. The lowest BCUT2D eigenvalue weighted by atomic mass is 10.1. The summed E-state index contributed by atoms with van der Waals surface area (Å²) in [6.07, 6.45) is 0. The summed E-state index contributed by atoms with van der Waals surface area (Å²) in [5, 5.41) is 7.65. The Kier molecular flexibility index (Phi) is 4.33. The standard InChI is InChI=1S/C19H15FN4O2S/c1-11(21-19(26)12-5-2-3-6-13(12)20)14-10-18(25)24-17(22-14)9-15(23-24)16-7-4-8-27-16/h2-11,23H,1H3,(H,21,26)/t11-/m0/s1. The van der Waals surface area contributed by atoms with E-state index in [-0.39, 0.29) is 11.1 Å². The smallest absolute Gasteiger partial charge is 0.272 e. The lowest BCUT2D eigenvalue weighted by Gasteiger charge is -2.13. The van der Waals surface area contributed by atoms with Crippen molar-refractivity contribution in [2.75, 3.05) is 0 Å². The molecule has 3 heterocycles. The van der Waals surface area contributed by atoms with Crippen molar-refractivity contribution in [3.05, 3.63) is 81.3 Å². The topological polar surface area (TPSA) is 79.3 Å². The number of aromatic amines is 1. The molecule has 4 aromatic rings. The van der Waals surface area contributed by atoms with E-state index in [1.54, 1.807) is 30.4 Å². The van der Waals surface area contributed by atoms with E-state index >= 15 is 0 Å². The summed E-state index contributed by atoms with van der Waals surface area (Å²) in [5.74, 6) is -1.16. The van der Waals surface area contributed by atoms with Crippen molar-refractivity contribution in [2.45, 2.75) is 13.0 Å². The second-order valence-electron chi connectivity index (χ2n) is 6.03. The van der Waals surface area contributed by atoms with E-state index in [0.717, 1.165) is 10.6 Å². The van der Waals surface area contributed by atoms with Crippen molar-refractivity contribution in [2.24, 2.45) is 0 Å². The maximum Gasteiger partial charge on any atom is 0.272 e. The summed E-state index contributed by atoms with van der Waals surface area (Å²) in [6.45, 7) is 1.70. The van der Waals surface area contributed by atoms with Crippen LogP contribution in [0.2, 0.25) is 0 Å². The molecule has 1 aromatic carbocycles. The molecule has 0 aliphatic heterocycles. The van der Waals surface area contributed by atoms with Crippen molar-refractivity contribution in [3.8, 4) is 10.6 Å². The Labute approximate surface area is 157 Å². The Hall–Kier alpha value is -3.26. The van der Waals surface area contributed by atoms with Crippen LogP contribution in [-0.4, -0.2) is 20.5 Å². The molecule has 1 atom stereocenters. The zero-order chi connectivity index (χ0) is 19.0. The van der Waals surface area contributed by atoms with Gasteiger partial charge in [0.15, 0.2) is 5.65 Å². The second-order valence-corrected chi connectivity index (χ2v) is 6.98. The van der Waals surface area contributed by atoms with E-state index in [1.165, 1.54) is 28.8 Å². The number of carbonyl (C=O) groups excluding carboxylic acids is 1. The van der Waals surface area contributed by atoms with Crippen LogP contribution in [0.15, 0.2) is 58.7 Å². The number of hydrogen-bond donors (Lipinski definition) is 2. The Balaban J connectivity index is 1.64. The maximum atomic E-state index is 13.8. The van der Waals surface area contributed by atoms with Gasteiger partial charge in [-0.25, -0.2) is 13.9 Å². The summed E-state index contributed by atoms with van der Waals surface area (Å²) in [5.41, 5.74) is 1.30. The predicted octanol–water partition coefficient (Wildman–Crippen LogP) is 3.38. The molecule has 0 spiro atoms. The van der Waals surface area contributed by atoms with Gasteiger partial charge >= 0.3 is 0 Å². The predicted molar refractivity (Wildman–Crippen MR) is 101 cm³/mol. The van der Waals surface area contributed by atoms with Crippen molar-refractivity contribution in [3.63, 3.8) is 0 Å². The van der Waals surface area contributed by atoms with Crippen molar-refractivity contribution >= 4 is 22.9 Å². The number of amides is 1. The molecular formula is C19H15FN4O2S. The number of nitrogens with one attached hydrogen (secondary N) is 2. The van der Waals surface area contributed by atoms with Gasteiger partial charge in [0.05, 0.1) is 27.9 Å². The summed E-state index contributed by atoms with van der Waals surface area (Å²) in [4.78, 5) is 30.2. The molecule has 4 rings (SSSR count). The molecule has 0 unspecified atom stereocenters. The van der Waals surface area contributed by atoms with Crippen molar-refractivity contribution in [1.29, 1.82) is 0 Å². The first-order valence-electron chi connectivity index (χ1n) is 8.25. The number of H-pyrrole nitrogens is 1. The number of aromatic nitrogens is 3. The van der Waals surface area contributed by atoms with Crippen LogP contribution in [0.25, 0.3) is 16.2 Å². The van der Waals surface area contributed by atoms with Crippen LogP contribution in [0.1, 0.15) is 29.0 Å². The molecule has 27 heavy (non-hydrogen) atoms. The maximum absolute atomic E-state index is 13.8. The van der Waals surface area contributed by atoms with Gasteiger partial charge < -0.3 is 5.32 Å². The highest BCUT2D eigenvalue weighted by Gasteiger charge is 2.17. The summed E-state index contributed by atoms with van der Waals surface area (Å²) in [6, 6.07) is 12.2. The second kappa shape index (κ2) is 6.81. The van der Waals surface area contributed by atoms with Crippen molar-refractivity contribution in [1.82, 2.24) is 19.9 Å². The molecule has 0 fully saturated rings. The van der Waals surface area contributed by atoms with Crippen LogP contribution in [0.5, 0.6) is 0 Å². The minimum atomic E-state index is -0.600. The normalized spacial score (nSPS) is 12.2. The van der Waals surface area contributed by atoms with E-state index in [2.05, 4.69) is 15.4 Å². The van der Waals surface area contributed by atoms with Crippen molar-refractivity contribution < 1.29 is 9.18 Å². The lowest BCUT2D eigenvalue weighted by Crippen LogP contribution is -2.29. The molecule has 0 aliphatic rings. The van der Waals surface area contributed by atoms with Gasteiger partial charge in [-0.15, -0.1) is 11.3 Å². The number of fused-ring (bicyclic) bond motifs is 1. The van der Waals surface area contributed by atoms with Crippen LogP contribution in [0.3, 0.4) is 0 Å². The molecule has 1 amide bonds. The third-order valence-corrected chi connectivity index (χ3v) is 5.07. The molecule has 0 radical (unpaired) electrons. The monoisotopic (exact) mass is 382 g/mol. The van der Waals surface area contributed by atoms with Gasteiger partial charge in [0.1, 0.15) is 5.82 Å². The fourth-order valence-electron chi connectivity index (χ4n) is 2.78. The number of carbonyl (C=O) groups is 1. The minimum absolute atomic E-state index is 0.0521. The van der Waals surface area contributed by atoms with Crippen LogP contribution in [-0.2, 0) is 0 Å². The van der Waals surface area contributed by atoms with E-state index in [4.69, 9.17) is 0 Å². The molecule has 2 N–H and O–H groups in total. The number of thiophene rings is 1. The Morgan fingerprint density at radius 1 is 1.26 bits per heavy atom. The molecule has 0 saturated carbocycles. The molecule has 0 bridgehead atoms. The molecular weight excluding hydrogens is 367 g/mol. The molecule has 0 saturated heterocycles. The summed E-state index contributed by atoms with van der Waals surface area (Å²) < 4.78 is 15.1. The number of benzene rings is 1. The van der Waals surface area contributed by atoms with Gasteiger partial charge in [-0.3, -0.25) is 14.7 Å². The molecule has 136 valence electrons. The first-order valence-corrected chi connectivity index (χ1v) is 9.13. The first-order chi connectivity index (χ1) is 13.0. The number of halogens is 1. The molecule has 8 heteroatoms. The van der Waals surface area contributed by atoms with Crippen LogP contribution < -0.4 is 10.9 Å². The molecule has 0 aliphatic carbocycles. The fraction of sp³-hybridized carbons (Fsp3) is 0.105. The fourth-order valence-corrected chi connectivity index (χ4v) is 3.48. The summed E-state index contributed by atoms with van der Waals surface area (Å²) in [7, 11) is 0. The average molecular weight is 382 g/mol. The Morgan fingerprint density at radius 2 is 2.07 bits per heavy atom. The average Bonchev–Trinajstić information content (AvgIpc) is 3.31. The van der Waals surface area contributed by atoms with Gasteiger partial charge in [-0.2, -0.15) is 0 Å². The first kappa shape index (κ1) is 17.2. The zero-order valence-electron chi connectivity index (χ0n) is 14.3. The third-order valence-electron chi connectivity index (χ3n) is 4.17. The van der Waals surface area contributed by atoms with Gasteiger partial charge in [-0.05, 0) is 30.5 Å². The van der Waals surface area contributed by atoms with Gasteiger partial charge in [0.2, 0.25) is 0 Å². The molecule has 3 aromatic heterocycles. The third kappa shape index (κ3) is 3.26. The highest BCUT2D eigenvalue weighted by atomic mass is 32.1. The van der Waals surface area contributed by atoms with E-state index in [0.29, 0.717) is 11.3 Å². The van der Waals surface area contributed by atoms with Gasteiger partial charge in [0.25, 0.3) is 11.5 Å². The lowest BCUT2D eigenvalue weighted by molar-refractivity contribution is 0.0935. The van der Waals surface area contributed by atoms with Crippen LogP contribution in [0.4, 0.5) is 4.39 Å².